The van der Waals surface area contributed by atoms with Gasteiger partial charge in [0, 0.05) is 11.3 Å². The minimum Gasteiger partial charge on any atom is -0.366 e. The van der Waals surface area contributed by atoms with E-state index in [0.717, 1.165) is 22.4 Å². The summed E-state index contributed by atoms with van der Waals surface area (Å²) in [6.45, 7) is 5.97. The highest BCUT2D eigenvalue weighted by Crippen LogP contribution is 2.23. The molecule has 0 spiro atoms. The summed E-state index contributed by atoms with van der Waals surface area (Å²) in [4.78, 5) is 23.6. The van der Waals surface area contributed by atoms with Crippen LogP contribution in [0.25, 0.3) is 5.69 Å². The molecule has 28 heavy (non-hydrogen) atoms. The highest BCUT2D eigenvalue weighted by atomic mass is 32.2. The van der Waals surface area contributed by atoms with E-state index in [0.29, 0.717) is 16.4 Å². The Morgan fingerprint density at radius 1 is 1.11 bits per heavy atom. The first-order valence-corrected chi connectivity index (χ1v) is 9.53. The quantitative estimate of drug-likeness (QED) is 0.618. The molecule has 144 valence electrons. The highest BCUT2D eigenvalue weighted by Gasteiger charge is 2.14. The molecule has 1 heterocycles. The smallest absolute Gasteiger partial charge is 0.248 e. The maximum atomic E-state index is 12.4. The minimum absolute atomic E-state index is 0.140. The van der Waals surface area contributed by atoms with Gasteiger partial charge in [-0.2, -0.15) is 4.68 Å². The number of aromatic nitrogens is 4. The molecule has 0 saturated heterocycles. The zero-order valence-electron chi connectivity index (χ0n) is 15.8. The molecule has 2 aromatic carbocycles. The Labute approximate surface area is 166 Å². The van der Waals surface area contributed by atoms with Crippen molar-refractivity contribution in [1.82, 2.24) is 20.2 Å². The second kappa shape index (κ2) is 8.22. The number of thioether (sulfide) groups is 1. The Bertz CT molecular complexity index is 1010. The number of carbonyl (C=O) groups is 2. The van der Waals surface area contributed by atoms with Crippen molar-refractivity contribution in [2.45, 2.75) is 25.9 Å². The van der Waals surface area contributed by atoms with Gasteiger partial charge in [0.05, 0.1) is 11.4 Å². The SMILES string of the molecule is Cc1cc(C)c(NC(=O)CSc2nnnn2-c2ccc(C(N)=O)cc2)c(C)c1. The van der Waals surface area contributed by atoms with E-state index in [1.165, 1.54) is 16.4 Å². The molecule has 0 saturated carbocycles. The normalized spacial score (nSPS) is 10.7. The minimum atomic E-state index is -0.503. The van der Waals surface area contributed by atoms with E-state index >= 15 is 0 Å². The summed E-state index contributed by atoms with van der Waals surface area (Å²) in [6.07, 6.45) is 0. The van der Waals surface area contributed by atoms with Crippen LogP contribution in [-0.2, 0) is 4.79 Å². The molecular formula is C19H20N6O2S. The number of nitrogens with zero attached hydrogens (tertiary/aromatic N) is 4. The van der Waals surface area contributed by atoms with E-state index in [1.807, 2.05) is 32.9 Å². The number of hydrogen-bond acceptors (Lipinski definition) is 6. The number of tetrazole rings is 1. The Morgan fingerprint density at radius 2 is 1.75 bits per heavy atom. The third-order valence-corrected chi connectivity index (χ3v) is 5.03. The average molecular weight is 396 g/mol. The molecule has 0 aliphatic rings. The molecule has 1 aromatic heterocycles. The number of benzene rings is 2. The van der Waals surface area contributed by atoms with Crippen molar-refractivity contribution in [1.29, 1.82) is 0 Å². The molecule has 0 fully saturated rings. The van der Waals surface area contributed by atoms with Crippen LogP contribution >= 0.6 is 11.8 Å². The Hall–Kier alpha value is -3.20. The van der Waals surface area contributed by atoms with E-state index in [1.54, 1.807) is 24.3 Å². The van der Waals surface area contributed by atoms with Gasteiger partial charge in [-0.1, -0.05) is 29.5 Å². The molecule has 3 rings (SSSR count). The van der Waals surface area contributed by atoms with E-state index in [2.05, 4.69) is 20.8 Å². The summed E-state index contributed by atoms with van der Waals surface area (Å²) >= 11 is 1.22. The second-order valence-corrected chi connectivity index (χ2v) is 7.34. The average Bonchev–Trinajstić information content (AvgIpc) is 3.11. The lowest BCUT2D eigenvalue weighted by molar-refractivity contribution is -0.113. The van der Waals surface area contributed by atoms with Crippen molar-refractivity contribution in [3.05, 3.63) is 58.7 Å². The van der Waals surface area contributed by atoms with Crippen LogP contribution in [0.15, 0.2) is 41.6 Å². The maximum absolute atomic E-state index is 12.4. The van der Waals surface area contributed by atoms with E-state index in [4.69, 9.17) is 5.73 Å². The fourth-order valence-corrected chi connectivity index (χ4v) is 3.57. The van der Waals surface area contributed by atoms with Crippen molar-refractivity contribution in [3.63, 3.8) is 0 Å². The van der Waals surface area contributed by atoms with E-state index in [9.17, 15) is 9.59 Å². The van der Waals surface area contributed by atoms with Crippen LogP contribution in [0.3, 0.4) is 0 Å². The fraction of sp³-hybridized carbons (Fsp3) is 0.211. The standard InChI is InChI=1S/C19H20N6O2S/c1-11-8-12(2)17(13(3)9-11)21-16(26)10-28-19-22-23-24-25(19)15-6-4-14(5-7-15)18(20)27/h4-9H,10H2,1-3H3,(H2,20,27)(H,21,26). The van der Waals surface area contributed by atoms with Gasteiger partial charge in [0.1, 0.15) is 0 Å². The molecule has 0 unspecified atom stereocenters. The van der Waals surface area contributed by atoms with Crippen molar-refractivity contribution < 1.29 is 9.59 Å². The summed E-state index contributed by atoms with van der Waals surface area (Å²) in [5, 5.41) is 15.0. The Kier molecular flexibility index (Phi) is 5.74. The zero-order chi connectivity index (χ0) is 20.3. The van der Waals surface area contributed by atoms with Gasteiger partial charge < -0.3 is 11.1 Å². The van der Waals surface area contributed by atoms with Crippen LogP contribution in [0.1, 0.15) is 27.0 Å². The van der Waals surface area contributed by atoms with Gasteiger partial charge in [0.25, 0.3) is 0 Å². The highest BCUT2D eigenvalue weighted by molar-refractivity contribution is 7.99. The topological polar surface area (TPSA) is 116 Å². The number of anilines is 1. The number of rotatable bonds is 6. The van der Waals surface area contributed by atoms with Crippen LogP contribution in [0.4, 0.5) is 5.69 Å². The van der Waals surface area contributed by atoms with Gasteiger partial charge in [-0.25, -0.2) is 0 Å². The Balaban J connectivity index is 1.68. The molecule has 0 bridgehead atoms. The molecule has 9 heteroatoms. The molecule has 3 aromatic rings. The van der Waals surface area contributed by atoms with Crippen LogP contribution in [-0.4, -0.2) is 37.8 Å². The van der Waals surface area contributed by atoms with Gasteiger partial charge in [0.2, 0.25) is 17.0 Å². The first-order chi connectivity index (χ1) is 13.3. The maximum Gasteiger partial charge on any atom is 0.248 e. The molecule has 0 aliphatic heterocycles. The second-order valence-electron chi connectivity index (χ2n) is 6.39. The number of primary amides is 1. The number of amides is 2. The fourth-order valence-electron chi connectivity index (χ4n) is 2.88. The molecule has 0 atom stereocenters. The van der Waals surface area contributed by atoms with Crippen LogP contribution < -0.4 is 11.1 Å². The first kappa shape index (κ1) is 19.6. The molecule has 3 N–H and O–H groups in total. The predicted molar refractivity (Wildman–Crippen MR) is 108 cm³/mol. The third-order valence-electron chi connectivity index (χ3n) is 4.11. The number of hydrogen-bond donors (Lipinski definition) is 2. The summed E-state index contributed by atoms with van der Waals surface area (Å²) < 4.78 is 1.51. The largest absolute Gasteiger partial charge is 0.366 e. The molecule has 2 amide bonds. The van der Waals surface area contributed by atoms with Crippen LogP contribution in [0.5, 0.6) is 0 Å². The van der Waals surface area contributed by atoms with Crippen molar-refractivity contribution >= 4 is 29.3 Å². The van der Waals surface area contributed by atoms with Crippen LogP contribution in [0, 0.1) is 20.8 Å². The summed E-state index contributed by atoms with van der Waals surface area (Å²) in [5.41, 5.74) is 10.4. The van der Waals surface area contributed by atoms with E-state index in [-0.39, 0.29) is 11.7 Å². The lowest BCUT2D eigenvalue weighted by atomic mass is 10.1. The number of nitrogens with two attached hydrogens (primary N) is 1. The molecule has 0 radical (unpaired) electrons. The monoisotopic (exact) mass is 396 g/mol. The number of nitrogens with one attached hydrogen (secondary N) is 1. The van der Waals surface area contributed by atoms with Gasteiger partial charge in [0.15, 0.2) is 0 Å². The first-order valence-electron chi connectivity index (χ1n) is 8.54. The predicted octanol–water partition coefficient (Wildman–Crippen LogP) is 2.42. The van der Waals surface area contributed by atoms with Gasteiger partial charge in [-0.05, 0) is 66.6 Å². The van der Waals surface area contributed by atoms with Gasteiger partial charge in [-0.3, -0.25) is 9.59 Å². The zero-order valence-corrected chi connectivity index (χ0v) is 16.6. The van der Waals surface area contributed by atoms with Crippen molar-refractivity contribution in [2.75, 3.05) is 11.1 Å². The molecule has 8 nitrogen and oxygen atoms in total. The molecular weight excluding hydrogens is 376 g/mol. The number of aryl methyl sites for hydroxylation is 3. The van der Waals surface area contributed by atoms with E-state index < -0.39 is 5.91 Å². The summed E-state index contributed by atoms with van der Waals surface area (Å²) in [5.74, 6) is -0.484. The Morgan fingerprint density at radius 3 is 2.36 bits per heavy atom. The summed E-state index contributed by atoms with van der Waals surface area (Å²) in [7, 11) is 0. The van der Waals surface area contributed by atoms with Crippen molar-refractivity contribution in [3.8, 4) is 5.69 Å². The summed E-state index contributed by atoms with van der Waals surface area (Å²) in [6, 6.07) is 10.7. The van der Waals surface area contributed by atoms with Gasteiger partial charge in [-0.15, -0.1) is 5.10 Å². The van der Waals surface area contributed by atoms with Crippen LogP contribution in [0.2, 0.25) is 0 Å². The lowest BCUT2D eigenvalue weighted by Gasteiger charge is -2.12. The lowest BCUT2D eigenvalue weighted by Crippen LogP contribution is -2.16. The van der Waals surface area contributed by atoms with Gasteiger partial charge >= 0.3 is 0 Å². The molecule has 0 aliphatic carbocycles. The van der Waals surface area contributed by atoms with Crippen molar-refractivity contribution in [2.24, 2.45) is 5.73 Å². The third kappa shape index (κ3) is 4.37. The number of carbonyl (C=O) groups excluding carboxylic acids is 2.